The molecule has 1 aliphatic rings. The van der Waals surface area contributed by atoms with Gasteiger partial charge in [-0.15, -0.1) is 0 Å². The van der Waals surface area contributed by atoms with Crippen molar-refractivity contribution in [3.05, 3.63) is 64.5 Å². The number of amides is 2. The van der Waals surface area contributed by atoms with Crippen LogP contribution in [0, 0.1) is 19.7 Å². The Morgan fingerprint density at radius 1 is 0.926 bits per heavy atom. The van der Waals surface area contributed by atoms with E-state index in [2.05, 4.69) is 0 Å². The van der Waals surface area contributed by atoms with E-state index in [-0.39, 0.29) is 17.4 Å². The lowest BCUT2D eigenvalue weighted by molar-refractivity contribution is 0.0531. The van der Waals surface area contributed by atoms with E-state index in [0.717, 1.165) is 11.1 Å². The number of rotatable bonds is 3. The summed E-state index contributed by atoms with van der Waals surface area (Å²) in [5.41, 5.74) is 2.50. The Balaban J connectivity index is 1.72. The smallest absolute Gasteiger partial charge is 0.257 e. The fraction of sp³-hybridized carbons (Fsp3) is 0.333. The zero-order chi connectivity index (χ0) is 19.6. The van der Waals surface area contributed by atoms with Crippen LogP contribution in [0.25, 0.3) is 0 Å². The molecular formula is C21H23FN2O3. The van der Waals surface area contributed by atoms with Gasteiger partial charge in [-0.2, -0.15) is 0 Å². The lowest BCUT2D eigenvalue weighted by Crippen LogP contribution is -2.50. The predicted octanol–water partition coefficient (Wildman–Crippen LogP) is 3.05. The van der Waals surface area contributed by atoms with Crippen LogP contribution in [0.15, 0.2) is 36.4 Å². The van der Waals surface area contributed by atoms with Crippen LogP contribution in [0.4, 0.5) is 4.39 Å². The number of carbonyl (C=O) groups is 2. The van der Waals surface area contributed by atoms with E-state index < -0.39 is 5.82 Å². The molecule has 2 aromatic carbocycles. The molecule has 142 valence electrons. The van der Waals surface area contributed by atoms with Crippen LogP contribution in [0.1, 0.15) is 31.8 Å². The predicted molar refractivity (Wildman–Crippen MR) is 101 cm³/mol. The van der Waals surface area contributed by atoms with Gasteiger partial charge in [0.1, 0.15) is 11.6 Å². The fourth-order valence-electron chi connectivity index (χ4n) is 3.47. The molecule has 0 aliphatic carbocycles. The van der Waals surface area contributed by atoms with E-state index in [4.69, 9.17) is 4.74 Å². The Bertz CT molecular complexity index is 874. The number of methoxy groups -OCH3 is 1. The molecule has 0 unspecified atom stereocenters. The van der Waals surface area contributed by atoms with E-state index >= 15 is 0 Å². The summed E-state index contributed by atoms with van der Waals surface area (Å²) in [5, 5.41) is 0. The minimum absolute atomic E-state index is 0.0632. The quantitative estimate of drug-likeness (QED) is 0.834. The third-order valence-corrected chi connectivity index (χ3v) is 4.81. The molecule has 6 heteroatoms. The van der Waals surface area contributed by atoms with Crippen LogP contribution in [-0.2, 0) is 0 Å². The second kappa shape index (κ2) is 7.78. The average molecular weight is 370 g/mol. The van der Waals surface area contributed by atoms with Gasteiger partial charge >= 0.3 is 0 Å². The highest BCUT2D eigenvalue weighted by atomic mass is 19.1. The summed E-state index contributed by atoms with van der Waals surface area (Å²) in [6.45, 7) is 5.38. The Morgan fingerprint density at radius 3 is 2.04 bits per heavy atom. The third-order valence-electron chi connectivity index (χ3n) is 4.81. The zero-order valence-electron chi connectivity index (χ0n) is 15.8. The number of piperazine rings is 1. The van der Waals surface area contributed by atoms with Crippen LogP contribution in [0.2, 0.25) is 0 Å². The van der Waals surface area contributed by atoms with Crippen molar-refractivity contribution in [3.8, 4) is 5.75 Å². The standard InChI is InChI=1S/C21H23FN2O3/c1-14-12-15(2)19(27-3)17(13-14)21(26)24-10-8-23(9-11-24)20(25)16-6-4-5-7-18(16)22/h4-7,12-13H,8-11H2,1-3H3. The molecule has 1 aliphatic heterocycles. The van der Waals surface area contributed by atoms with Crippen LogP contribution in [-0.4, -0.2) is 54.9 Å². The molecule has 0 atom stereocenters. The largest absolute Gasteiger partial charge is 0.496 e. The van der Waals surface area contributed by atoms with Gasteiger partial charge in [0.25, 0.3) is 11.8 Å². The molecule has 2 amide bonds. The van der Waals surface area contributed by atoms with Crippen molar-refractivity contribution in [3.63, 3.8) is 0 Å². The molecule has 1 heterocycles. The first-order valence-corrected chi connectivity index (χ1v) is 8.90. The van der Waals surface area contributed by atoms with Gasteiger partial charge in [-0.25, -0.2) is 4.39 Å². The summed E-state index contributed by atoms with van der Waals surface area (Å²) in [5.74, 6) is -0.405. The molecule has 0 aromatic heterocycles. The van der Waals surface area contributed by atoms with Crippen LogP contribution in [0.3, 0.4) is 0 Å². The number of carbonyl (C=O) groups excluding carboxylic acids is 2. The minimum atomic E-state index is -0.527. The highest BCUT2D eigenvalue weighted by Crippen LogP contribution is 2.27. The van der Waals surface area contributed by atoms with Crippen LogP contribution in [0.5, 0.6) is 5.75 Å². The van der Waals surface area contributed by atoms with E-state index in [0.29, 0.717) is 37.5 Å². The first-order valence-electron chi connectivity index (χ1n) is 8.90. The van der Waals surface area contributed by atoms with Crippen molar-refractivity contribution < 1.29 is 18.7 Å². The number of ether oxygens (including phenoxy) is 1. The van der Waals surface area contributed by atoms with E-state index in [1.165, 1.54) is 12.1 Å². The topological polar surface area (TPSA) is 49.9 Å². The highest BCUT2D eigenvalue weighted by Gasteiger charge is 2.28. The number of hydrogen-bond donors (Lipinski definition) is 0. The molecule has 0 bridgehead atoms. The van der Waals surface area contributed by atoms with Crippen molar-refractivity contribution in [2.45, 2.75) is 13.8 Å². The first-order chi connectivity index (χ1) is 12.9. The molecule has 1 fully saturated rings. The van der Waals surface area contributed by atoms with Gasteiger partial charge in [-0.05, 0) is 43.2 Å². The van der Waals surface area contributed by atoms with Crippen molar-refractivity contribution in [2.75, 3.05) is 33.3 Å². The van der Waals surface area contributed by atoms with Crippen LogP contribution < -0.4 is 4.74 Å². The molecule has 0 spiro atoms. The molecule has 0 saturated carbocycles. The van der Waals surface area contributed by atoms with Crippen molar-refractivity contribution in [1.82, 2.24) is 9.80 Å². The van der Waals surface area contributed by atoms with Crippen molar-refractivity contribution in [2.24, 2.45) is 0 Å². The van der Waals surface area contributed by atoms with E-state index in [1.54, 1.807) is 29.0 Å². The Kier molecular flexibility index (Phi) is 5.44. The zero-order valence-corrected chi connectivity index (χ0v) is 15.8. The lowest BCUT2D eigenvalue weighted by Gasteiger charge is -2.35. The third kappa shape index (κ3) is 3.79. The summed E-state index contributed by atoms with van der Waals surface area (Å²) >= 11 is 0. The monoisotopic (exact) mass is 370 g/mol. The van der Waals surface area contributed by atoms with Gasteiger partial charge in [-0.3, -0.25) is 9.59 Å². The van der Waals surface area contributed by atoms with Crippen molar-refractivity contribution >= 4 is 11.8 Å². The molecule has 5 nitrogen and oxygen atoms in total. The number of aryl methyl sites for hydroxylation is 2. The lowest BCUT2D eigenvalue weighted by atomic mass is 10.0. The average Bonchev–Trinajstić information content (AvgIpc) is 2.67. The molecule has 27 heavy (non-hydrogen) atoms. The van der Waals surface area contributed by atoms with Crippen molar-refractivity contribution in [1.29, 1.82) is 0 Å². The Morgan fingerprint density at radius 2 is 1.48 bits per heavy atom. The Labute approximate surface area is 158 Å². The maximum Gasteiger partial charge on any atom is 0.257 e. The second-order valence-electron chi connectivity index (χ2n) is 6.73. The first kappa shape index (κ1) is 18.9. The number of nitrogens with zero attached hydrogens (tertiary/aromatic N) is 2. The van der Waals surface area contributed by atoms with Gasteiger partial charge in [0, 0.05) is 26.2 Å². The minimum Gasteiger partial charge on any atom is -0.496 e. The summed E-state index contributed by atoms with van der Waals surface area (Å²) in [6, 6.07) is 9.75. The van der Waals surface area contributed by atoms with Gasteiger partial charge in [0.05, 0.1) is 18.2 Å². The number of hydrogen-bond acceptors (Lipinski definition) is 3. The Hall–Kier alpha value is -2.89. The second-order valence-corrected chi connectivity index (χ2v) is 6.73. The molecule has 3 rings (SSSR count). The molecular weight excluding hydrogens is 347 g/mol. The van der Waals surface area contributed by atoms with Gasteiger partial charge in [-0.1, -0.05) is 18.2 Å². The van der Waals surface area contributed by atoms with Crippen LogP contribution >= 0.6 is 0 Å². The highest BCUT2D eigenvalue weighted by molar-refractivity contribution is 5.98. The summed E-state index contributed by atoms with van der Waals surface area (Å²) in [6.07, 6.45) is 0. The molecule has 0 N–H and O–H groups in total. The summed E-state index contributed by atoms with van der Waals surface area (Å²) in [4.78, 5) is 28.8. The van der Waals surface area contributed by atoms with E-state index in [9.17, 15) is 14.0 Å². The maximum absolute atomic E-state index is 13.9. The molecule has 1 saturated heterocycles. The normalized spacial score (nSPS) is 14.2. The SMILES string of the molecule is COc1c(C)cc(C)cc1C(=O)N1CCN(C(=O)c2ccccc2F)CC1. The molecule has 2 aromatic rings. The van der Waals surface area contributed by atoms with Gasteiger partial charge < -0.3 is 14.5 Å². The summed E-state index contributed by atoms with van der Waals surface area (Å²) < 4.78 is 19.3. The fourth-order valence-corrected chi connectivity index (χ4v) is 3.47. The van der Waals surface area contributed by atoms with E-state index in [1.807, 2.05) is 26.0 Å². The van der Waals surface area contributed by atoms with Gasteiger partial charge in [0.15, 0.2) is 0 Å². The number of benzene rings is 2. The maximum atomic E-state index is 13.9. The van der Waals surface area contributed by atoms with Gasteiger partial charge in [0.2, 0.25) is 0 Å². The molecule has 0 radical (unpaired) electrons. The summed E-state index contributed by atoms with van der Waals surface area (Å²) in [7, 11) is 1.56. The number of halogens is 1.